The molecule has 0 saturated carbocycles. The minimum Gasteiger partial charge on any atom is -0.505 e. The molecule has 2 heterocycles. The third kappa shape index (κ3) is 3.72. The van der Waals surface area contributed by atoms with Crippen molar-refractivity contribution >= 4 is 35.0 Å². The molecule has 0 radical (unpaired) electrons. The van der Waals surface area contributed by atoms with E-state index in [4.69, 9.17) is 4.42 Å². The first-order valence-electron chi connectivity index (χ1n) is 7.51. The first-order chi connectivity index (χ1) is 12.1. The van der Waals surface area contributed by atoms with Crippen molar-refractivity contribution in [2.45, 2.75) is 13.5 Å². The maximum absolute atomic E-state index is 11.8. The smallest absolute Gasteiger partial charge is 0.254 e. The van der Waals surface area contributed by atoms with E-state index in [2.05, 4.69) is 24.7 Å². The van der Waals surface area contributed by atoms with Gasteiger partial charge in [0.15, 0.2) is 17.4 Å². The molecule has 0 aliphatic carbocycles. The second-order valence-electron chi connectivity index (χ2n) is 5.23. The first-order valence-corrected chi connectivity index (χ1v) is 8.24. The highest BCUT2D eigenvalue weighted by Crippen LogP contribution is 2.32. The van der Waals surface area contributed by atoms with E-state index in [1.807, 2.05) is 19.1 Å². The lowest BCUT2D eigenvalue weighted by atomic mass is 10.1. The second-order valence-corrected chi connectivity index (χ2v) is 5.76. The van der Waals surface area contributed by atoms with Gasteiger partial charge in [-0.05, 0) is 31.2 Å². The zero-order valence-electron chi connectivity index (χ0n) is 13.7. The van der Waals surface area contributed by atoms with Crippen molar-refractivity contribution < 1.29 is 14.3 Å². The summed E-state index contributed by atoms with van der Waals surface area (Å²) >= 11 is 1.03. The molecule has 130 valence electrons. The van der Waals surface area contributed by atoms with Gasteiger partial charge in [-0.25, -0.2) is 0 Å². The molecule has 0 aliphatic heterocycles. The molecule has 0 fully saturated rings. The van der Waals surface area contributed by atoms with Gasteiger partial charge >= 0.3 is 0 Å². The Bertz CT molecular complexity index is 890. The highest BCUT2D eigenvalue weighted by atomic mass is 32.1. The van der Waals surface area contributed by atoms with Gasteiger partial charge in [0, 0.05) is 7.05 Å². The quantitative estimate of drug-likeness (QED) is 0.501. The number of carbonyl (C=O) groups is 1. The number of carbonyl (C=O) groups excluding carboxylic acids is 1. The fraction of sp³-hybridized carbons (Fsp3) is 0.188. The summed E-state index contributed by atoms with van der Waals surface area (Å²) in [6.45, 7) is 2.33. The van der Waals surface area contributed by atoms with Crippen LogP contribution in [0.15, 0.2) is 34.7 Å². The number of amides is 1. The molecule has 1 aromatic carbocycles. The van der Waals surface area contributed by atoms with Crippen LogP contribution in [0.5, 0.6) is 5.75 Å². The van der Waals surface area contributed by atoms with E-state index in [1.54, 1.807) is 12.1 Å². The van der Waals surface area contributed by atoms with E-state index in [9.17, 15) is 9.90 Å². The number of aromatic nitrogens is 2. The predicted molar refractivity (Wildman–Crippen MR) is 95.5 cm³/mol. The van der Waals surface area contributed by atoms with Crippen LogP contribution in [0.1, 0.15) is 21.9 Å². The highest BCUT2D eigenvalue weighted by Gasteiger charge is 2.15. The van der Waals surface area contributed by atoms with Crippen molar-refractivity contribution in [3.8, 4) is 5.75 Å². The lowest BCUT2D eigenvalue weighted by Gasteiger charge is -2.10. The van der Waals surface area contributed by atoms with Crippen LogP contribution in [0.4, 0.5) is 17.3 Å². The number of nitrogens with zero attached hydrogens (tertiary/aromatic N) is 2. The Morgan fingerprint density at radius 1 is 1.24 bits per heavy atom. The van der Waals surface area contributed by atoms with Gasteiger partial charge in [-0.2, -0.15) is 8.75 Å². The molecule has 2 aromatic heterocycles. The van der Waals surface area contributed by atoms with Crippen LogP contribution >= 0.6 is 11.7 Å². The fourth-order valence-corrected chi connectivity index (χ4v) is 2.71. The van der Waals surface area contributed by atoms with Gasteiger partial charge in [0.25, 0.3) is 5.91 Å². The summed E-state index contributed by atoms with van der Waals surface area (Å²) < 4.78 is 13.9. The van der Waals surface area contributed by atoms with Gasteiger partial charge in [-0.1, -0.05) is 6.07 Å². The molecule has 3 rings (SSSR count). The van der Waals surface area contributed by atoms with Gasteiger partial charge in [-0.15, -0.1) is 0 Å². The Hall–Kier alpha value is -3.07. The largest absolute Gasteiger partial charge is 0.505 e. The van der Waals surface area contributed by atoms with Gasteiger partial charge in [0.2, 0.25) is 0 Å². The lowest BCUT2D eigenvalue weighted by molar-refractivity contribution is 0.0960. The van der Waals surface area contributed by atoms with Gasteiger partial charge in [0.1, 0.15) is 11.5 Å². The number of aryl methyl sites for hydroxylation is 1. The Morgan fingerprint density at radius 3 is 2.76 bits per heavy atom. The minimum atomic E-state index is -0.371. The standard InChI is InChI=1S/C16H17N5O3S/c1-9-6-7-10(24-9)8-18-14-15(21-25-20-14)19-12-5-3-4-11(13(12)22)16(23)17-2/h3-7,22H,8H2,1-2H3,(H,17,23)(H,18,20)(H,19,21). The average molecular weight is 359 g/mol. The van der Waals surface area contributed by atoms with E-state index >= 15 is 0 Å². The predicted octanol–water partition coefficient (Wildman–Crippen LogP) is 2.86. The van der Waals surface area contributed by atoms with Gasteiger partial charge < -0.3 is 25.5 Å². The highest BCUT2D eigenvalue weighted by molar-refractivity contribution is 6.99. The van der Waals surface area contributed by atoms with E-state index in [0.29, 0.717) is 23.9 Å². The number of phenolic OH excluding ortho intramolecular Hbond substituents is 1. The van der Waals surface area contributed by atoms with E-state index in [1.165, 1.54) is 13.1 Å². The number of aromatic hydroxyl groups is 1. The maximum Gasteiger partial charge on any atom is 0.254 e. The molecule has 0 unspecified atom stereocenters. The number of phenols is 1. The number of hydrogen-bond donors (Lipinski definition) is 4. The van der Waals surface area contributed by atoms with E-state index in [0.717, 1.165) is 23.2 Å². The maximum atomic E-state index is 11.8. The molecule has 4 N–H and O–H groups in total. The van der Waals surface area contributed by atoms with Crippen LogP contribution in [0, 0.1) is 6.92 Å². The van der Waals surface area contributed by atoms with Crippen molar-refractivity contribution in [1.29, 1.82) is 0 Å². The molecule has 0 bridgehead atoms. The summed E-state index contributed by atoms with van der Waals surface area (Å²) in [6.07, 6.45) is 0. The zero-order chi connectivity index (χ0) is 17.8. The summed E-state index contributed by atoms with van der Waals surface area (Å²) in [4.78, 5) is 11.8. The molecular formula is C16H17N5O3S. The van der Waals surface area contributed by atoms with Crippen LogP contribution in [0.2, 0.25) is 0 Å². The second kappa shape index (κ2) is 7.22. The normalized spacial score (nSPS) is 10.5. The average Bonchev–Trinajstić information content (AvgIpc) is 3.23. The molecule has 0 saturated heterocycles. The third-order valence-corrected chi connectivity index (χ3v) is 4.00. The number of para-hydroxylation sites is 1. The van der Waals surface area contributed by atoms with Crippen LogP contribution in [0.3, 0.4) is 0 Å². The van der Waals surface area contributed by atoms with Crippen LogP contribution in [-0.2, 0) is 6.54 Å². The molecule has 0 aliphatic rings. The molecule has 0 atom stereocenters. The number of nitrogens with one attached hydrogen (secondary N) is 3. The van der Waals surface area contributed by atoms with E-state index < -0.39 is 0 Å². The van der Waals surface area contributed by atoms with Gasteiger partial charge in [0.05, 0.1) is 29.5 Å². The summed E-state index contributed by atoms with van der Waals surface area (Å²) in [6, 6.07) is 8.63. The fourth-order valence-electron chi connectivity index (χ4n) is 2.23. The lowest BCUT2D eigenvalue weighted by Crippen LogP contribution is -2.18. The van der Waals surface area contributed by atoms with Crippen molar-refractivity contribution in [2.75, 3.05) is 17.7 Å². The minimum absolute atomic E-state index is 0.151. The van der Waals surface area contributed by atoms with Crippen molar-refractivity contribution in [2.24, 2.45) is 0 Å². The van der Waals surface area contributed by atoms with Crippen LogP contribution < -0.4 is 16.0 Å². The van der Waals surface area contributed by atoms with Crippen molar-refractivity contribution in [3.05, 3.63) is 47.4 Å². The van der Waals surface area contributed by atoms with Crippen LogP contribution in [0.25, 0.3) is 0 Å². The molecule has 8 nitrogen and oxygen atoms in total. The molecule has 1 amide bonds. The number of hydrogen-bond acceptors (Lipinski definition) is 8. The monoisotopic (exact) mass is 359 g/mol. The molecule has 0 spiro atoms. The summed E-state index contributed by atoms with van der Waals surface area (Å²) in [7, 11) is 1.50. The number of furan rings is 1. The Kier molecular flexibility index (Phi) is 4.85. The first kappa shape index (κ1) is 16.8. The summed E-state index contributed by atoms with van der Waals surface area (Å²) in [5.74, 6) is 2.08. The zero-order valence-corrected chi connectivity index (χ0v) is 14.5. The Balaban J connectivity index is 1.76. The Morgan fingerprint density at radius 2 is 2.04 bits per heavy atom. The number of benzene rings is 1. The summed E-state index contributed by atoms with van der Waals surface area (Å²) in [5.41, 5.74) is 0.543. The third-order valence-electron chi connectivity index (χ3n) is 3.48. The number of rotatable bonds is 6. The SMILES string of the molecule is CNC(=O)c1cccc(Nc2nsnc2NCc2ccc(C)o2)c1O. The molecule has 25 heavy (non-hydrogen) atoms. The van der Waals surface area contributed by atoms with Crippen molar-refractivity contribution in [3.63, 3.8) is 0 Å². The molecule has 3 aromatic rings. The van der Waals surface area contributed by atoms with Crippen molar-refractivity contribution in [1.82, 2.24) is 14.1 Å². The Labute approximate surface area is 148 Å². The van der Waals surface area contributed by atoms with Gasteiger partial charge in [-0.3, -0.25) is 4.79 Å². The number of anilines is 3. The van der Waals surface area contributed by atoms with Crippen LogP contribution in [-0.4, -0.2) is 26.8 Å². The van der Waals surface area contributed by atoms with E-state index in [-0.39, 0.29) is 17.2 Å². The topological polar surface area (TPSA) is 112 Å². The molecular weight excluding hydrogens is 342 g/mol. The summed E-state index contributed by atoms with van der Waals surface area (Å²) in [5, 5.41) is 18.9. The molecule has 9 heteroatoms.